The highest BCUT2D eigenvalue weighted by Gasteiger charge is 2.24. The SMILES string of the molecule is CC(C)(C)c1ccc2c3ccccc3c3ccc4c(c3c2c1)c1c2c(ccc1n4Cc1ccccc1)c1ccccc1c1ccc(C(C)(C)C)cc12. The summed E-state index contributed by atoms with van der Waals surface area (Å²) < 4.78 is 2.59. The minimum atomic E-state index is 0.0204. The fourth-order valence-corrected chi connectivity index (χ4v) is 9.02. The average molecular weight is 670 g/mol. The maximum atomic E-state index is 2.59. The second kappa shape index (κ2) is 10.9. The van der Waals surface area contributed by atoms with Crippen molar-refractivity contribution in [1.82, 2.24) is 4.57 Å². The Hall–Kier alpha value is -5.66. The predicted molar refractivity (Wildman–Crippen MR) is 227 cm³/mol. The Bertz CT molecular complexity index is 2900. The zero-order chi connectivity index (χ0) is 35.5. The van der Waals surface area contributed by atoms with Gasteiger partial charge >= 0.3 is 0 Å². The van der Waals surface area contributed by atoms with E-state index < -0.39 is 0 Å². The van der Waals surface area contributed by atoms with Crippen molar-refractivity contribution in [3.05, 3.63) is 156 Å². The van der Waals surface area contributed by atoms with E-state index in [1.165, 1.54) is 103 Å². The standard InChI is InChI=1S/C51H43N/c1-50(2,3)32-20-22-38-34-16-10-12-18-36(34)40-24-26-44-48(46(40)42(38)28-32)49-45(52(44)30-31-14-8-7-9-15-31)27-25-41-37-19-13-11-17-35(37)39-23-21-33(51(4,5)6)29-43(39)47(41)49/h7-29H,30H2,1-6H3. The van der Waals surface area contributed by atoms with Crippen LogP contribution in [-0.4, -0.2) is 4.57 Å². The molecule has 0 unspecified atom stereocenters. The second-order valence-electron chi connectivity index (χ2n) is 16.9. The Morgan fingerprint density at radius 2 is 0.712 bits per heavy atom. The quantitative estimate of drug-likeness (QED) is 0.161. The monoisotopic (exact) mass is 669 g/mol. The van der Waals surface area contributed by atoms with E-state index in [2.05, 4.69) is 186 Å². The molecule has 0 atom stereocenters. The summed E-state index contributed by atoms with van der Waals surface area (Å²) >= 11 is 0. The van der Waals surface area contributed by atoms with Gasteiger partial charge in [0.05, 0.1) is 11.0 Å². The van der Waals surface area contributed by atoms with Crippen molar-refractivity contribution >= 4 is 86.4 Å². The van der Waals surface area contributed by atoms with E-state index >= 15 is 0 Å². The lowest BCUT2D eigenvalue weighted by Crippen LogP contribution is -2.10. The number of hydrogen-bond acceptors (Lipinski definition) is 0. The molecular weight excluding hydrogens is 627 g/mol. The molecule has 9 aromatic carbocycles. The lowest BCUT2D eigenvalue weighted by Gasteiger charge is -2.21. The van der Waals surface area contributed by atoms with E-state index in [4.69, 9.17) is 0 Å². The van der Waals surface area contributed by atoms with Crippen LogP contribution in [-0.2, 0) is 17.4 Å². The van der Waals surface area contributed by atoms with Crippen molar-refractivity contribution in [2.75, 3.05) is 0 Å². The van der Waals surface area contributed by atoms with Gasteiger partial charge in [-0.1, -0.05) is 157 Å². The van der Waals surface area contributed by atoms with Gasteiger partial charge in [-0.25, -0.2) is 0 Å². The van der Waals surface area contributed by atoms with Crippen LogP contribution in [0.25, 0.3) is 86.4 Å². The summed E-state index contributed by atoms with van der Waals surface area (Å²) in [6, 6.07) is 53.1. The van der Waals surface area contributed by atoms with E-state index in [0.717, 1.165) is 6.54 Å². The second-order valence-corrected chi connectivity index (χ2v) is 16.9. The van der Waals surface area contributed by atoms with E-state index in [1.54, 1.807) is 0 Å². The first-order valence-electron chi connectivity index (χ1n) is 18.7. The molecule has 0 saturated heterocycles. The molecule has 1 heterocycles. The molecule has 52 heavy (non-hydrogen) atoms. The molecule has 10 rings (SSSR count). The molecule has 0 spiro atoms. The Labute approximate surface area is 305 Å². The Morgan fingerprint density at radius 1 is 0.346 bits per heavy atom. The van der Waals surface area contributed by atoms with Crippen LogP contribution in [0, 0.1) is 0 Å². The summed E-state index contributed by atoms with van der Waals surface area (Å²) in [5.41, 5.74) is 6.63. The predicted octanol–water partition coefficient (Wildman–Crippen LogP) is 14.4. The van der Waals surface area contributed by atoms with E-state index in [0.29, 0.717) is 0 Å². The molecule has 0 aliphatic rings. The first-order valence-corrected chi connectivity index (χ1v) is 18.7. The third kappa shape index (κ3) is 4.48. The number of hydrogen-bond donors (Lipinski definition) is 0. The summed E-state index contributed by atoms with van der Waals surface area (Å²) in [6.07, 6.45) is 0. The molecule has 0 amide bonds. The van der Waals surface area contributed by atoms with Crippen molar-refractivity contribution in [2.45, 2.75) is 58.9 Å². The van der Waals surface area contributed by atoms with Crippen LogP contribution in [0.4, 0.5) is 0 Å². The maximum Gasteiger partial charge on any atom is 0.0501 e. The van der Waals surface area contributed by atoms with Crippen molar-refractivity contribution in [3.63, 3.8) is 0 Å². The molecule has 1 nitrogen and oxygen atoms in total. The third-order valence-electron chi connectivity index (χ3n) is 11.7. The smallest absolute Gasteiger partial charge is 0.0501 e. The Balaban J connectivity index is 1.53. The van der Waals surface area contributed by atoms with Gasteiger partial charge in [0.15, 0.2) is 0 Å². The first kappa shape index (κ1) is 31.1. The van der Waals surface area contributed by atoms with Crippen LogP contribution >= 0.6 is 0 Å². The Morgan fingerprint density at radius 3 is 1.13 bits per heavy atom. The number of fused-ring (bicyclic) bond motifs is 17. The maximum absolute atomic E-state index is 2.59. The van der Waals surface area contributed by atoms with Gasteiger partial charge in [0, 0.05) is 28.1 Å². The molecule has 0 aliphatic heterocycles. The molecule has 0 N–H and O–H groups in total. The highest BCUT2D eigenvalue weighted by molar-refractivity contribution is 6.41. The largest absolute Gasteiger partial charge is 0.336 e. The van der Waals surface area contributed by atoms with Crippen molar-refractivity contribution < 1.29 is 0 Å². The minimum Gasteiger partial charge on any atom is -0.336 e. The van der Waals surface area contributed by atoms with Gasteiger partial charge in [-0.15, -0.1) is 0 Å². The van der Waals surface area contributed by atoms with Crippen LogP contribution < -0.4 is 0 Å². The molecule has 0 aliphatic carbocycles. The summed E-state index contributed by atoms with van der Waals surface area (Å²) in [5, 5.41) is 18.6. The van der Waals surface area contributed by atoms with Gasteiger partial charge in [0.2, 0.25) is 0 Å². The lowest BCUT2D eigenvalue weighted by atomic mass is 9.82. The fourth-order valence-electron chi connectivity index (χ4n) is 9.02. The fraction of sp³-hybridized carbons (Fsp3) is 0.176. The summed E-state index contributed by atoms with van der Waals surface area (Å²) in [4.78, 5) is 0. The molecule has 0 fully saturated rings. The van der Waals surface area contributed by atoms with E-state index in [-0.39, 0.29) is 10.8 Å². The molecular formula is C51H43N. The molecule has 0 radical (unpaired) electrons. The van der Waals surface area contributed by atoms with Gasteiger partial charge in [-0.05, 0) is 106 Å². The molecule has 252 valence electrons. The van der Waals surface area contributed by atoms with E-state index in [9.17, 15) is 0 Å². The number of benzene rings is 9. The zero-order valence-electron chi connectivity index (χ0n) is 30.9. The summed E-state index contributed by atoms with van der Waals surface area (Å²) in [6.45, 7) is 14.8. The number of nitrogens with zero attached hydrogens (tertiary/aromatic N) is 1. The van der Waals surface area contributed by atoms with Crippen molar-refractivity contribution in [2.24, 2.45) is 0 Å². The topological polar surface area (TPSA) is 4.93 Å². The summed E-state index contributed by atoms with van der Waals surface area (Å²) in [5.74, 6) is 0. The molecule has 1 heteroatoms. The number of aromatic nitrogens is 1. The molecule has 10 aromatic rings. The first-order chi connectivity index (χ1) is 25.1. The van der Waals surface area contributed by atoms with Gasteiger partial charge in [0.1, 0.15) is 0 Å². The molecule has 0 saturated carbocycles. The number of rotatable bonds is 2. The van der Waals surface area contributed by atoms with Crippen molar-refractivity contribution in [3.8, 4) is 0 Å². The van der Waals surface area contributed by atoms with Gasteiger partial charge in [0.25, 0.3) is 0 Å². The van der Waals surface area contributed by atoms with Crippen LogP contribution in [0.1, 0.15) is 58.2 Å². The highest BCUT2D eigenvalue weighted by Crippen LogP contribution is 2.48. The van der Waals surface area contributed by atoms with Gasteiger partial charge < -0.3 is 4.57 Å². The van der Waals surface area contributed by atoms with Gasteiger partial charge in [-0.3, -0.25) is 0 Å². The van der Waals surface area contributed by atoms with Gasteiger partial charge in [-0.2, -0.15) is 0 Å². The average Bonchev–Trinajstić information content (AvgIpc) is 3.47. The van der Waals surface area contributed by atoms with Crippen molar-refractivity contribution in [1.29, 1.82) is 0 Å². The zero-order valence-corrected chi connectivity index (χ0v) is 30.9. The van der Waals surface area contributed by atoms with Crippen LogP contribution in [0.5, 0.6) is 0 Å². The highest BCUT2D eigenvalue weighted by atomic mass is 15.0. The molecule has 0 bridgehead atoms. The third-order valence-corrected chi connectivity index (χ3v) is 11.7. The Kier molecular flexibility index (Phi) is 6.53. The molecule has 1 aromatic heterocycles. The van der Waals surface area contributed by atoms with Crippen LogP contribution in [0.15, 0.2) is 140 Å². The summed E-state index contributed by atoms with van der Waals surface area (Å²) in [7, 11) is 0. The minimum absolute atomic E-state index is 0.0204. The van der Waals surface area contributed by atoms with E-state index in [1.807, 2.05) is 0 Å². The van der Waals surface area contributed by atoms with Crippen LogP contribution in [0.2, 0.25) is 0 Å². The van der Waals surface area contributed by atoms with Crippen LogP contribution in [0.3, 0.4) is 0 Å². The lowest BCUT2D eigenvalue weighted by molar-refractivity contribution is 0.591. The normalized spacial score (nSPS) is 12.9.